The Labute approximate surface area is 171 Å². The Kier molecular flexibility index (Phi) is 5.36. The van der Waals surface area contributed by atoms with Gasteiger partial charge in [0.1, 0.15) is 11.3 Å². The molecule has 2 aromatic rings. The van der Waals surface area contributed by atoms with Crippen molar-refractivity contribution >= 4 is 30.6 Å². The van der Waals surface area contributed by atoms with Crippen molar-refractivity contribution in [3.63, 3.8) is 0 Å². The van der Waals surface area contributed by atoms with Crippen molar-refractivity contribution in [2.24, 2.45) is 11.7 Å². The Morgan fingerprint density at radius 1 is 1.34 bits per heavy atom. The summed E-state index contributed by atoms with van der Waals surface area (Å²) in [6, 6.07) is 5.88. The van der Waals surface area contributed by atoms with Crippen LogP contribution in [0.5, 0.6) is 5.75 Å². The summed E-state index contributed by atoms with van der Waals surface area (Å²) in [5.74, 6) is 0.756. The number of nitrogens with one attached hydrogen (secondary N) is 1. The maximum atomic E-state index is 12.0. The first-order valence-electron chi connectivity index (χ1n) is 10.3. The minimum absolute atomic E-state index is 0.169. The molecule has 0 spiro atoms. The van der Waals surface area contributed by atoms with Gasteiger partial charge in [-0.15, -0.1) is 0 Å². The van der Waals surface area contributed by atoms with Crippen LogP contribution >= 0.6 is 0 Å². The van der Waals surface area contributed by atoms with Crippen LogP contribution in [0.3, 0.4) is 0 Å². The molecule has 152 valence electrons. The molecule has 1 aromatic heterocycles. The van der Waals surface area contributed by atoms with Crippen LogP contribution in [0, 0.1) is 5.92 Å². The van der Waals surface area contributed by atoms with Gasteiger partial charge in [-0.3, -0.25) is 9.48 Å². The number of hydrogen-bond acceptors (Lipinski definition) is 5. The van der Waals surface area contributed by atoms with Crippen molar-refractivity contribution < 1.29 is 14.5 Å². The van der Waals surface area contributed by atoms with E-state index in [4.69, 9.17) is 10.4 Å². The first-order valence-corrected chi connectivity index (χ1v) is 10.3. The fraction of sp³-hybridized carbons (Fsp3) is 0.429. The van der Waals surface area contributed by atoms with Crippen molar-refractivity contribution in [3.05, 3.63) is 41.0 Å². The standard InChI is InChI=1S/C21H27BN4O3/c1-13(2)18-11-14-10-15(8-9-19(14)29-22(18)28)24-21-17(20(23)27)12-26(25-21)16-6-4-3-5-7-16/h8-13,16,28H,3-7H2,1-2H3,(H2,23,27)(H,24,25). The lowest BCUT2D eigenvalue weighted by atomic mass is 9.70. The van der Waals surface area contributed by atoms with Gasteiger partial charge in [0.15, 0.2) is 5.82 Å². The number of nitrogens with zero attached hydrogens (tertiary/aromatic N) is 2. The van der Waals surface area contributed by atoms with E-state index in [9.17, 15) is 9.82 Å². The zero-order valence-corrected chi connectivity index (χ0v) is 16.9. The molecule has 8 heteroatoms. The number of rotatable bonds is 5. The minimum Gasteiger partial charge on any atom is -0.532 e. The summed E-state index contributed by atoms with van der Waals surface area (Å²) >= 11 is 0. The third-order valence-corrected chi connectivity index (χ3v) is 5.73. The number of anilines is 2. The van der Waals surface area contributed by atoms with Gasteiger partial charge in [-0.1, -0.05) is 39.2 Å². The van der Waals surface area contributed by atoms with Gasteiger partial charge in [0.25, 0.3) is 5.91 Å². The van der Waals surface area contributed by atoms with Crippen molar-refractivity contribution in [1.82, 2.24) is 9.78 Å². The van der Waals surface area contributed by atoms with Gasteiger partial charge in [0.05, 0.1) is 6.04 Å². The fourth-order valence-electron chi connectivity index (χ4n) is 4.07. The molecule has 7 nitrogen and oxygen atoms in total. The normalized spacial score (nSPS) is 17.0. The zero-order chi connectivity index (χ0) is 20.5. The van der Waals surface area contributed by atoms with E-state index in [1.54, 1.807) is 12.3 Å². The van der Waals surface area contributed by atoms with Gasteiger partial charge in [-0.2, -0.15) is 5.10 Å². The van der Waals surface area contributed by atoms with Crippen LogP contribution in [-0.4, -0.2) is 27.8 Å². The highest BCUT2D eigenvalue weighted by Crippen LogP contribution is 2.34. The lowest BCUT2D eigenvalue weighted by molar-refractivity contribution is 0.100. The number of amides is 1. The lowest BCUT2D eigenvalue weighted by Gasteiger charge is -2.23. The number of allylic oxidation sites excluding steroid dienone is 1. The highest BCUT2D eigenvalue weighted by molar-refractivity contribution is 6.55. The number of carbonyl (C=O) groups excluding carboxylic acids is 1. The molecule has 1 aliphatic carbocycles. The van der Waals surface area contributed by atoms with Gasteiger partial charge >= 0.3 is 7.12 Å². The highest BCUT2D eigenvalue weighted by atomic mass is 16.5. The number of nitrogens with two attached hydrogens (primary N) is 1. The summed E-state index contributed by atoms with van der Waals surface area (Å²) < 4.78 is 7.51. The van der Waals surface area contributed by atoms with Gasteiger partial charge in [-0.05, 0) is 42.4 Å². The molecule has 0 atom stereocenters. The second kappa shape index (κ2) is 7.95. The Bertz CT molecular complexity index is 947. The van der Waals surface area contributed by atoms with Crippen molar-refractivity contribution in [3.8, 4) is 5.75 Å². The quantitative estimate of drug-likeness (QED) is 0.672. The van der Waals surface area contributed by atoms with E-state index in [1.807, 2.05) is 36.7 Å². The molecule has 1 saturated carbocycles. The monoisotopic (exact) mass is 394 g/mol. The molecule has 1 aliphatic heterocycles. The van der Waals surface area contributed by atoms with Gasteiger partial charge in [-0.25, -0.2) is 0 Å². The second-order valence-corrected chi connectivity index (χ2v) is 8.17. The van der Waals surface area contributed by atoms with Crippen molar-refractivity contribution in [1.29, 1.82) is 0 Å². The van der Waals surface area contributed by atoms with Crippen molar-refractivity contribution in [2.75, 3.05) is 5.32 Å². The van der Waals surface area contributed by atoms with Gasteiger partial charge in [0.2, 0.25) is 0 Å². The van der Waals surface area contributed by atoms with E-state index in [-0.39, 0.29) is 5.92 Å². The summed E-state index contributed by atoms with van der Waals surface area (Å²) in [7, 11) is -0.922. The molecule has 29 heavy (non-hydrogen) atoms. The van der Waals surface area contributed by atoms with Crippen LogP contribution < -0.4 is 15.7 Å². The molecule has 0 bridgehead atoms. The number of fused-ring (bicyclic) bond motifs is 1. The van der Waals surface area contributed by atoms with Crippen LogP contribution in [0.4, 0.5) is 11.5 Å². The average molecular weight is 394 g/mol. The molecule has 1 amide bonds. The molecule has 0 radical (unpaired) electrons. The Morgan fingerprint density at radius 2 is 2.10 bits per heavy atom. The van der Waals surface area contributed by atoms with Gasteiger partial charge in [0, 0.05) is 17.4 Å². The largest absolute Gasteiger partial charge is 0.556 e. The van der Waals surface area contributed by atoms with Gasteiger partial charge < -0.3 is 20.7 Å². The molecular formula is C21H27BN4O3. The van der Waals surface area contributed by atoms with E-state index in [0.29, 0.717) is 23.2 Å². The van der Waals surface area contributed by atoms with E-state index < -0.39 is 13.0 Å². The number of hydrogen-bond donors (Lipinski definition) is 3. The molecule has 1 fully saturated rings. The predicted octanol–water partition coefficient (Wildman–Crippen LogP) is 3.68. The zero-order valence-electron chi connectivity index (χ0n) is 16.9. The van der Waals surface area contributed by atoms with Crippen LogP contribution in [0.25, 0.3) is 6.08 Å². The molecule has 4 rings (SSSR count). The Morgan fingerprint density at radius 3 is 2.79 bits per heavy atom. The molecule has 0 unspecified atom stereocenters. The van der Waals surface area contributed by atoms with E-state index in [0.717, 1.165) is 29.6 Å². The van der Waals surface area contributed by atoms with Crippen LogP contribution in [-0.2, 0) is 0 Å². The van der Waals surface area contributed by atoms with E-state index in [1.165, 1.54) is 19.3 Å². The van der Waals surface area contributed by atoms with Crippen LogP contribution in [0.1, 0.15) is 67.9 Å². The molecule has 1 aromatic carbocycles. The third-order valence-electron chi connectivity index (χ3n) is 5.73. The summed E-state index contributed by atoms with van der Waals surface area (Å²) in [5, 5.41) is 18.0. The summed E-state index contributed by atoms with van der Waals surface area (Å²) in [4.78, 5) is 12.0. The van der Waals surface area contributed by atoms with Crippen LogP contribution in [0.2, 0.25) is 0 Å². The molecule has 2 heterocycles. The third kappa shape index (κ3) is 4.03. The first-order chi connectivity index (χ1) is 13.9. The second-order valence-electron chi connectivity index (χ2n) is 8.17. The van der Waals surface area contributed by atoms with E-state index in [2.05, 4.69) is 10.4 Å². The number of benzene rings is 1. The Balaban J connectivity index is 1.62. The summed E-state index contributed by atoms with van der Waals surface area (Å²) in [6.07, 6.45) is 9.47. The predicted molar refractivity (Wildman–Crippen MR) is 114 cm³/mol. The topological polar surface area (TPSA) is 102 Å². The van der Waals surface area contributed by atoms with Crippen molar-refractivity contribution in [2.45, 2.75) is 52.0 Å². The fourth-order valence-corrected chi connectivity index (χ4v) is 4.07. The molecular weight excluding hydrogens is 367 g/mol. The number of aromatic nitrogens is 2. The maximum Gasteiger partial charge on any atom is 0.556 e. The minimum atomic E-state index is -0.922. The SMILES string of the molecule is CC(C)C1=Cc2cc(Nc3nn(C4CCCCC4)cc3C(N)=O)ccc2OB1O. The summed E-state index contributed by atoms with van der Waals surface area (Å²) in [5.41, 5.74) is 8.46. The highest BCUT2D eigenvalue weighted by Gasteiger charge is 2.29. The smallest absolute Gasteiger partial charge is 0.532 e. The summed E-state index contributed by atoms with van der Waals surface area (Å²) in [6.45, 7) is 4.03. The molecule has 2 aliphatic rings. The Hall–Kier alpha value is -2.74. The molecule has 0 saturated heterocycles. The lowest BCUT2D eigenvalue weighted by Crippen LogP contribution is -2.30. The molecule has 4 N–H and O–H groups in total. The average Bonchev–Trinajstić information content (AvgIpc) is 3.12. The van der Waals surface area contributed by atoms with Crippen LogP contribution in [0.15, 0.2) is 29.9 Å². The number of carbonyl (C=O) groups is 1. The maximum absolute atomic E-state index is 12.0. The van der Waals surface area contributed by atoms with E-state index >= 15 is 0 Å². The first kappa shape index (κ1) is 19.6. The number of primary amides is 1.